The third-order valence-electron chi connectivity index (χ3n) is 3.55. The van der Waals surface area contributed by atoms with E-state index in [-0.39, 0.29) is 5.41 Å². The Kier molecular flexibility index (Phi) is 3.25. The molecule has 0 radical (unpaired) electrons. The number of rotatable bonds is 1. The van der Waals surface area contributed by atoms with Crippen LogP contribution in [-0.2, 0) is 0 Å². The van der Waals surface area contributed by atoms with Crippen molar-refractivity contribution in [1.29, 1.82) is 0 Å². The zero-order valence-corrected chi connectivity index (χ0v) is 10.2. The molecule has 14 heavy (non-hydrogen) atoms. The van der Waals surface area contributed by atoms with E-state index >= 15 is 0 Å². The largest absolute Gasteiger partial charge is 0.317 e. The van der Waals surface area contributed by atoms with Crippen LogP contribution in [0.15, 0.2) is 0 Å². The lowest BCUT2D eigenvalue weighted by molar-refractivity contribution is 0.0307. The van der Waals surface area contributed by atoms with E-state index in [1.165, 1.54) is 0 Å². The van der Waals surface area contributed by atoms with Crippen molar-refractivity contribution in [3.8, 4) is 0 Å². The SMILES string of the molecule is CNC1CC(C(C)(C)C)CC(C)(F)C1. The summed E-state index contributed by atoms with van der Waals surface area (Å²) in [6.45, 7) is 8.39. The molecule has 1 rings (SSSR count). The van der Waals surface area contributed by atoms with Crippen molar-refractivity contribution in [2.24, 2.45) is 11.3 Å². The number of alkyl halides is 1. The number of hydrogen-bond acceptors (Lipinski definition) is 1. The number of halogens is 1. The predicted octanol–water partition coefficient (Wildman–Crippen LogP) is 3.15. The Morgan fingerprint density at radius 2 is 1.86 bits per heavy atom. The van der Waals surface area contributed by atoms with Gasteiger partial charge in [-0.2, -0.15) is 0 Å². The lowest BCUT2D eigenvalue weighted by atomic mass is 9.67. The quantitative estimate of drug-likeness (QED) is 0.687. The highest BCUT2D eigenvalue weighted by Crippen LogP contribution is 2.43. The van der Waals surface area contributed by atoms with Gasteiger partial charge in [0.25, 0.3) is 0 Å². The van der Waals surface area contributed by atoms with Crippen LogP contribution in [0, 0.1) is 11.3 Å². The predicted molar refractivity (Wildman–Crippen MR) is 59.2 cm³/mol. The van der Waals surface area contributed by atoms with Crippen molar-refractivity contribution in [2.45, 2.75) is 58.7 Å². The van der Waals surface area contributed by atoms with Gasteiger partial charge in [-0.05, 0) is 44.6 Å². The van der Waals surface area contributed by atoms with Gasteiger partial charge in [-0.15, -0.1) is 0 Å². The van der Waals surface area contributed by atoms with Crippen molar-refractivity contribution in [1.82, 2.24) is 5.32 Å². The molecule has 1 nitrogen and oxygen atoms in total. The van der Waals surface area contributed by atoms with Crippen molar-refractivity contribution in [2.75, 3.05) is 7.05 Å². The normalized spacial score (nSPS) is 39.9. The molecule has 2 heteroatoms. The second kappa shape index (κ2) is 3.80. The van der Waals surface area contributed by atoms with Crippen LogP contribution in [0.25, 0.3) is 0 Å². The minimum Gasteiger partial charge on any atom is -0.317 e. The fraction of sp³-hybridized carbons (Fsp3) is 1.00. The van der Waals surface area contributed by atoms with Gasteiger partial charge in [0.05, 0.1) is 0 Å². The molecule has 0 spiro atoms. The maximum Gasteiger partial charge on any atom is 0.110 e. The average molecular weight is 201 g/mol. The van der Waals surface area contributed by atoms with Gasteiger partial charge in [0.15, 0.2) is 0 Å². The topological polar surface area (TPSA) is 12.0 Å². The first kappa shape index (κ1) is 12.0. The molecule has 84 valence electrons. The van der Waals surface area contributed by atoms with E-state index in [1.54, 1.807) is 6.92 Å². The van der Waals surface area contributed by atoms with E-state index in [0.717, 1.165) is 6.42 Å². The summed E-state index contributed by atoms with van der Waals surface area (Å²) in [6.07, 6.45) is 2.49. The van der Waals surface area contributed by atoms with Gasteiger partial charge in [0.1, 0.15) is 5.67 Å². The molecule has 1 fully saturated rings. The average Bonchev–Trinajstić information content (AvgIpc) is 1.99. The number of nitrogens with one attached hydrogen (secondary N) is 1. The molecule has 1 aliphatic rings. The highest BCUT2D eigenvalue weighted by atomic mass is 19.1. The van der Waals surface area contributed by atoms with Crippen LogP contribution in [0.1, 0.15) is 47.0 Å². The molecular formula is C12H24FN. The van der Waals surface area contributed by atoms with Crippen molar-refractivity contribution >= 4 is 0 Å². The minimum atomic E-state index is -0.982. The van der Waals surface area contributed by atoms with Crippen molar-refractivity contribution in [3.63, 3.8) is 0 Å². The third-order valence-corrected chi connectivity index (χ3v) is 3.55. The van der Waals surface area contributed by atoms with Gasteiger partial charge in [-0.1, -0.05) is 20.8 Å². The molecule has 1 aliphatic carbocycles. The molecule has 3 unspecified atom stereocenters. The highest BCUT2D eigenvalue weighted by Gasteiger charge is 2.41. The first-order valence-electron chi connectivity index (χ1n) is 5.61. The van der Waals surface area contributed by atoms with Crippen LogP contribution in [0.3, 0.4) is 0 Å². The maximum atomic E-state index is 14.0. The van der Waals surface area contributed by atoms with E-state index in [2.05, 4.69) is 26.1 Å². The molecular weight excluding hydrogens is 177 g/mol. The lowest BCUT2D eigenvalue weighted by Crippen LogP contribution is -2.45. The molecule has 0 saturated heterocycles. The van der Waals surface area contributed by atoms with E-state index in [1.807, 2.05) is 7.05 Å². The summed E-state index contributed by atoms with van der Waals surface area (Å²) in [5, 5.41) is 3.22. The lowest BCUT2D eigenvalue weighted by Gasteiger charge is -2.43. The Balaban J connectivity index is 2.71. The standard InChI is InChI=1S/C12H24FN/c1-11(2,3)9-6-10(14-5)8-12(4,13)7-9/h9-10,14H,6-8H2,1-5H3. The Morgan fingerprint density at radius 1 is 1.29 bits per heavy atom. The fourth-order valence-electron chi connectivity index (χ4n) is 2.50. The minimum absolute atomic E-state index is 0.225. The first-order valence-corrected chi connectivity index (χ1v) is 5.61. The van der Waals surface area contributed by atoms with Gasteiger partial charge in [-0.25, -0.2) is 4.39 Å². The van der Waals surface area contributed by atoms with E-state index < -0.39 is 5.67 Å². The van der Waals surface area contributed by atoms with Crippen LogP contribution < -0.4 is 5.32 Å². The Bertz CT molecular complexity index is 193. The molecule has 0 amide bonds. The molecule has 0 heterocycles. The molecule has 1 saturated carbocycles. The van der Waals surface area contributed by atoms with E-state index in [4.69, 9.17) is 0 Å². The van der Waals surface area contributed by atoms with Gasteiger partial charge < -0.3 is 5.32 Å². The zero-order valence-electron chi connectivity index (χ0n) is 10.2. The maximum absolute atomic E-state index is 14.0. The second-order valence-electron chi connectivity index (χ2n) is 6.11. The van der Waals surface area contributed by atoms with Crippen LogP contribution in [0.4, 0.5) is 4.39 Å². The Hall–Kier alpha value is -0.110. The summed E-state index contributed by atoms with van der Waals surface area (Å²) in [6, 6.07) is 0.350. The van der Waals surface area contributed by atoms with Crippen LogP contribution in [0.5, 0.6) is 0 Å². The van der Waals surface area contributed by atoms with Gasteiger partial charge in [0.2, 0.25) is 0 Å². The summed E-state index contributed by atoms with van der Waals surface area (Å²) in [5.41, 5.74) is -0.757. The van der Waals surface area contributed by atoms with Crippen molar-refractivity contribution in [3.05, 3.63) is 0 Å². The highest BCUT2D eigenvalue weighted by molar-refractivity contribution is 4.93. The molecule has 0 bridgehead atoms. The monoisotopic (exact) mass is 201 g/mol. The third kappa shape index (κ3) is 2.94. The van der Waals surface area contributed by atoms with Gasteiger partial charge in [-0.3, -0.25) is 0 Å². The molecule has 0 aromatic carbocycles. The second-order valence-corrected chi connectivity index (χ2v) is 6.11. The summed E-state index contributed by atoms with van der Waals surface area (Å²) in [4.78, 5) is 0. The van der Waals surface area contributed by atoms with Crippen LogP contribution in [0.2, 0.25) is 0 Å². The molecule has 0 aromatic heterocycles. The summed E-state index contributed by atoms with van der Waals surface area (Å²) in [7, 11) is 1.94. The molecule has 3 atom stereocenters. The van der Waals surface area contributed by atoms with E-state index in [9.17, 15) is 4.39 Å². The van der Waals surface area contributed by atoms with E-state index in [0.29, 0.717) is 24.8 Å². The molecule has 1 N–H and O–H groups in total. The molecule has 0 aromatic rings. The summed E-state index contributed by atoms with van der Waals surface area (Å²) < 4.78 is 14.0. The smallest absolute Gasteiger partial charge is 0.110 e. The summed E-state index contributed by atoms with van der Waals surface area (Å²) >= 11 is 0. The van der Waals surface area contributed by atoms with Crippen molar-refractivity contribution < 1.29 is 4.39 Å². The van der Waals surface area contributed by atoms with Crippen LogP contribution >= 0.6 is 0 Å². The molecule has 0 aliphatic heterocycles. The summed E-state index contributed by atoms with van der Waals surface area (Å²) in [5.74, 6) is 0.490. The number of hydrogen-bond donors (Lipinski definition) is 1. The van der Waals surface area contributed by atoms with Gasteiger partial charge in [0, 0.05) is 6.04 Å². The Labute approximate surface area is 87.5 Å². The zero-order chi connectivity index (χ0) is 11.0. The van der Waals surface area contributed by atoms with Crippen LogP contribution in [-0.4, -0.2) is 18.8 Å². The Morgan fingerprint density at radius 3 is 2.29 bits per heavy atom. The fourth-order valence-corrected chi connectivity index (χ4v) is 2.50. The van der Waals surface area contributed by atoms with Gasteiger partial charge >= 0.3 is 0 Å². The first-order chi connectivity index (χ1) is 6.24.